The minimum absolute atomic E-state index is 0.623. The van der Waals surface area contributed by atoms with Crippen LogP contribution in [0.25, 0.3) is 89.5 Å². The van der Waals surface area contributed by atoms with Gasteiger partial charge in [-0.05, 0) is 69.8 Å². The fourth-order valence-corrected chi connectivity index (χ4v) is 6.42. The van der Waals surface area contributed by atoms with Crippen LogP contribution in [0.4, 0.5) is 0 Å². The van der Waals surface area contributed by atoms with E-state index in [4.69, 9.17) is 19.4 Å². The summed E-state index contributed by atoms with van der Waals surface area (Å²) in [5.41, 5.74) is 11.3. The molecular weight excluding hydrogens is 599 g/mol. The van der Waals surface area contributed by atoms with Gasteiger partial charge >= 0.3 is 0 Å². The number of rotatable bonds is 6. The first-order valence-corrected chi connectivity index (χ1v) is 16.4. The van der Waals surface area contributed by atoms with E-state index in [-0.39, 0.29) is 0 Å². The van der Waals surface area contributed by atoms with E-state index >= 15 is 0 Å². The zero-order valence-corrected chi connectivity index (χ0v) is 26.5. The predicted molar refractivity (Wildman–Crippen MR) is 200 cm³/mol. The largest absolute Gasteiger partial charge is 0.456 e. The molecule has 4 nitrogen and oxygen atoms in total. The molecule has 0 amide bonds. The van der Waals surface area contributed by atoms with Crippen LogP contribution in [-0.2, 0) is 0 Å². The Balaban J connectivity index is 1.16. The van der Waals surface area contributed by atoms with Gasteiger partial charge in [-0.25, -0.2) is 15.0 Å². The van der Waals surface area contributed by atoms with Crippen LogP contribution >= 0.6 is 0 Å². The lowest BCUT2D eigenvalue weighted by atomic mass is 9.96. The molecule has 0 spiro atoms. The Hall–Kier alpha value is -6.65. The van der Waals surface area contributed by atoms with Crippen molar-refractivity contribution < 1.29 is 4.42 Å². The lowest BCUT2D eigenvalue weighted by Crippen LogP contribution is -2.00. The van der Waals surface area contributed by atoms with Crippen molar-refractivity contribution in [1.29, 1.82) is 0 Å². The number of nitrogens with zero attached hydrogens (tertiary/aromatic N) is 3. The van der Waals surface area contributed by atoms with Gasteiger partial charge in [0.2, 0.25) is 0 Å². The molecular formula is C45H29N3O. The number of benzene rings is 7. The third-order valence-electron chi connectivity index (χ3n) is 8.93. The molecule has 9 aromatic rings. The van der Waals surface area contributed by atoms with Crippen LogP contribution < -0.4 is 0 Å². The number of hydrogen-bond acceptors (Lipinski definition) is 4. The smallest absolute Gasteiger partial charge is 0.164 e. The SMILES string of the molecule is c1ccc(-c2cc(-c3ccccc3)cc(-c3nc(-c4ccccc4)nc(-c4ccc(-c5ccc6oc7ccccc7c6c5)cc4)n3)c2)cc1. The fourth-order valence-electron chi connectivity index (χ4n) is 6.42. The molecule has 0 saturated heterocycles. The maximum Gasteiger partial charge on any atom is 0.164 e. The molecule has 49 heavy (non-hydrogen) atoms. The highest BCUT2D eigenvalue weighted by Gasteiger charge is 2.15. The summed E-state index contributed by atoms with van der Waals surface area (Å²) in [6.07, 6.45) is 0. The molecule has 0 aliphatic rings. The molecule has 0 fully saturated rings. The van der Waals surface area contributed by atoms with E-state index in [1.54, 1.807) is 0 Å². The summed E-state index contributed by atoms with van der Waals surface area (Å²) in [7, 11) is 0. The van der Waals surface area contributed by atoms with E-state index in [2.05, 4.69) is 115 Å². The highest BCUT2D eigenvalue weighted by molar-refractivity contribution is 6.06. The molecule has 2 aromatic heterocycles. The Morgan fingerprint density at radius 2 is 0.673 bits per heavy atom. The average Bonchev–Trinajstić information content (AvgIpc) is 3.57. The van der Waals surface area contributed by atoms with Gasteiger partial charge in [-0.2, -0.15) is 0 Å². The predicted octanol–water partition coefficient (Wildman–Crippen LogP) is 11.8. The summed E-state index contributed by atoms with van der Waals surface area (Å²) in [4.78, 5) is 15.2. The number of para-hydroxylation sites is 1. The first-order valence-electron chi connectivity index (χ1n) is 16.4. The van der Waals surface area contributed by atoms with Crippen molar-refractivity contribution in [3.63, 3.8) is 0 Å². The van der Waals surface area contributed by atoms with Gasteiger partial charge < -0.3 is 4.42 Å². The summed E-state index contributed by atoms with van der Waals surface area (Å²) >= 11 is 0. The Labute approximate surface area is 284 Å². The lowest BCUT2D eigenvalue weighted by molar-refractivity contribution is 0.669. The third-order valence-corrected chi connectivity index (χ3v) is 8.93. The normalized spacial score (nSPS) is 11.3. The number of aromatic nitrogens is 3. The molecule has 7 aromatic carbocycles. The van der Waals surface area contributed by atoms with Gasteiger partial charge in [0.25, 0.3) is 0 Å². The van der Waals surface area contributed by atoms with E-state index < -0.39 is 0 Å². The second-order valence-corrected chi connectivity index (χ2v) is 12.1. The van der Waals surface area contributed by atoms with Gasteiger partial charge in [0.05, 0.1) is 0 Å². The van der Waals surface area contributed by atoms with Crippen molar-refractivity contribution >= 4 is 21.9 Å². The highest BCUT2D eigenvalue weighted by Crippen LogP contribution is 2.35. The molecule has 230 valence electrons. The van der Waals surface area contributed by atoms with Gasteiger partial charge in [-0.1, -0.05) is 140 Å². The van der Waals surface area contributed by atoms with E-state index in [1.807, 2.05) is 60.7 Å². The van der Waals surface area contributed by atoms with Crippen LogP contribution in [0.1, 0.15) is 0 Å². The molecule has 0 bridgehead atoms. The topological polar surface area (TPSA) is 51.8 Å². The summed E-state index contributed by atoms with van der Waals surface area (Å²) < 4.78 is 6.06. The van der Waals surface area contributed by atoms with E-state index in [9.17, 15) is 0 Å². The van der Waals surface area contributed by atoms with Crippen molar-refractivity contribution in [3.8, 4) is 67.5 Å². The molecule has 9 rings (SSSR count). The summed E-state index contributed by atoms with van der Waals surface area (Å²) in [6.45, 7) is 0. The molecule has 0 N–H and O–H groups in total. The first-order chi connectivity index (χ1) is 24.2. The molecule has 4 heteroatoms. The maximum atomic E-state index is 6.06. The van der Waals surface area contributed by atoms with E-state index in [0.717, 1.165) is 72.0 Å². The fraction of sp³-hybridized carbons (Fsp3) is 0. The van der Waals surface area contributed by atoms with Crippen molar-refractivity contribution in [3.05, 3.63) is 176 Å². The second-order valence-electron chi connectivity index (χ2n) is 12.1. The van der Waals surface area contributed by atoms with Crippen LogP contribution in [0.5, 0.6) is 0 Å². The van der Waals surface area contributed by atoms with Gasteiger partial charge in [-0.15, -0.1) is 0 Å². The molecule has 0 radical (unpaired) electrons. The van der Waals surface area contributed by atoms with Crippen LogP contribution in [0.2, 0.25) is 0 Å². The van der Waals surface area contributed by atoms with Crippen LogP contribution in [0, 0.1) is 0 Å². The zero-order valence-electron chi connectivity index (χ0n) is 26.5. The number of fused-ring (bicyclic) bond motifs is 3. The first kappa shape index (κ1) is 28.6. The zero-order chi connectivity index (χ0) is 32.6. The summed E-state index contributed by atoms with van der Waals surface area (Å²) in [6, 6.07) is 60.6. The second kappa shape index (κ2) is 12.2. The number of furan rings is 1. The maximum absolute atomic E-state index is 6.06. The Morgan fingerprint density at radius 1 is 0.265 bits per heavy atom. The summed E-state index contributed by atoms with van der Waals surface area (Å²) in [5, 5.41) is 2.23. The van der Waals surface area contributed by atoms with Gasteiger partial charge in [0.1, 0.15) is 11.2 Å². The summed E-state index contributed by atoms with van der Waals surface area (Å²) in [5.74, 6) is 1.88. The van der Waals surface area contributed by atoms with Crippen molar-refractivity contribution in [2.75, 3.05) is 0 Å². The molecule has 0 aliphatic heterocycles. The molecule has 0 saturated carbocycles. The average molecular weight is 628 g/mol. The highest BCUT2D eigenvalue weighted by atomic mass is 16.3. The van der Waals surface area contributed by atoms with E-state index in [0.29, 0.717) is 17.5 Å². The number of hydrogen-bond donors (Lipinski definition) is 0. The van der Waals surface area contributed by atoms with Crippen molar-refractivity contribution in [1.82, 2.24) is 15.0 Å². The quantitative estimate of drug-likeness (QED) is 0.184. The molecule has 0 unspecified atom stereocenters. The van der Waals surface area contributed by atoms with Crippen molar-refractivity contribution in [2.45, 2.75) is 0 Å². The molecule has 2 heterocycles. The Morgan fingerprint density at radius 3 is 1.29 bits per heavy atom. The van der Waals surface area contributed by atoms with Crippen LogP contribution in [-0.4, -0.2) is 15.0 Å². The minimum Gasteiger partial charge on any atom is -0.456 e. The van der Waals surface area contributed by atoms with Gasteiger partial charge in [0, 0.05) is 27.5 Å². The van der Waals surface area contributed by atoms with Gasteiger partial charge in [0.15, 0.2) is 17.5 Å². The molecule has 0 atom stereocenters. The van der Waals surface area contributed by atoms with Crippen LogP contribution in [0.3, 0.4) is 0 Å². The lowest BCUT2D eigenvalue weighted by Gasteiger charge is -2.12. The van der Waals surface area contributed by atoms with Gasteiger partial charge in [-0.3, -0.25) is 0 Å². The van der Waals surface area contributed by atoms with Crippen LogP contribution in [0.15, 0.2) is 180 Å². The Bertz CT molecular complexity index is 2520. The Kier molecular flexibility index (Phi) is 7.10. The molecule has 0 aliphatic carbocycles. The van der Waals surface area contributed by atoms with E-state index in [1.165, 1.54) is 0 Å². The van der Waals surface area contributed by atoms with Crippen molar-refractivity contribution in [2.24, 2.45) is 0 Å². The standard InChI is InChI=1S/C45H29N3O/c1-4-12-30(13-5-1)36-26-37(31-14-6-2-7-15-31)28-38(27-36)45-47-43(33-16-8-3-9-17-33)46-44(48-45)34-22-20-32(21-23-34)35-24-25-42-40(29-35)39-18-10-11-19-41(39)49-42/h1-29H. The third kappa shape index (κ3) is 5.56. The minimum atomic E-state index is 0.623. The monoisotopic (exact) mass is 627 g/mol.